The molecule has 0 spiro atoms. The van der Waals surface area contributed by atoms with Crippen molar-refractivity contribution in [2.24, 2.45) is 4.99 Å². The van der Waals surface area contributed by atoms with E-state index in [1.54, 1.807) is 12.1 Å². The molecule has 0 unspecified atom stereocenters. The molecule has 1 aliphatic heterocycles. The number of carbonyl (C=O) groups excluding carboxylic acids is 1. The van der Waals surface area contributed by atoms with Crippen molar-refractivity contribution in [3.8, 4) is 0 Å². The third-order valence-corrected chi connectivity index (χ3v) is 3.52. The fraction of sp³-hybridized carbons (Fsp3) is 0. The SMILES string of the molecule is O=C1OC(c2cccc(I)c2)=N/C1=C/c1cccc(F)c1. The molecule has 0 N–H and O–H groups in total. The molecule has 0 aromatic heterocycles. The van der Waals surface area contributed by atoms with Crippen LogP contribution in [0.3, 0.4) is 0 Å². The Morgan fingerprint density at radius 3 is 2.71 bits per heavy atom. The van der Waals surface area contributed by atoms with Crippen LogP contribution in [-0.4, -0.2) is 11.9 Å². The van der Waals surface area contributed by atoms with Crippen molar-refractivity contribution in [1.82, 2.24) is 0 Å². The lowest BCUT2D eigenvalue weighted by Crippen LogP contribution is -2.05. The third-order valence-electron chi connectivity index (χ3n) is 2.84. The van der Waals surface area contributed by atoms with Crippen molar-refractivity contribution in [2.45, 2.75) is 0 Å². The van der Waals surface area contributed by atoms with E-state index in [2.05, 4.69) is 27.6 Å². The number of carbonyl (C=O) groups is 1. The molecule has 0 bridgehead atoms. The molecule has 104 valence electrons. The monoisotopic (exact) mass is 393 g/mol. The Balaban J connectivity index is 1.95. The molecule has 0 radical (unpaired) electrons. The topological polar surface area (TPSA) is 38.7 Å². The van der Waals surface area contributed by atoms with Gasteiger partial charge < -0.3 is 4.74 Å². The zero-order valence-corrected chi connectivity index (χ0v) is 12.9. The molecule has 2 aromatic carbocycles. The number of ether oxygens (including phenoxy) is 1. The van der Waals surface area contributed by atoms with Gasteiger partial charge in [0.25, 0.3) is 0 Å². The van der Waals surface area contributed by atoms with E-state index in [0.717, 1.165) is 9.13 Å². The van der Waals surface area contributed by atoms with E-state index >= 15 is 0 Å². The molecule has 1 aliphatic rings. The summed E-state index contributed by atoms with van der Waals surface area (Å²) in [4.78, 5) is 16.0. The van der Waals surface area contributed by atoms with E-state index in [1.807, 2.05) is 24.3 Å². The maximum Gasteiger partial charge on any atom is 0.363 e. The van der Waals surface area contributed by atoms with Gasteiger partial charge in [0.2, 0.25) is 5.90 Å². The average Bonchev–Trinajstić information content (AvgIpc) is 2.80. The van der Waals surface area contributed by atoms with Gasteiger partial charge in [-0.15, -0.1) is 0 Å². The van der Waals surface area contributed by atoms with Gasteiger partial charge in [0, 0.05) is 9.13 Å². The molecule has 0 amide bonds. The van der Waals surface area contributed by atoms with Crippen LogP contribution < -0.4 is 0 Å². The molecule has 3 rings (SSSR count). The Bertz CT molecular complexity index is 783. The van der Waals surface area contributed by atoms with Crippen molar-refractivity contribution >= 4 is 40.5 Å². The Kier molecular flexibility index (Phi) is 3.83. The summed E-state index contributed by atoms with van der Waals surface area (Å²) in [5, 5.41) is 0. The second kappa shape index (κ2) is 5.77. The summed E-state index contributed by atoms with van der Waals surface area (Å²) in [5.41, 5.74) is 1.46. The predicted molar refractivity (Wildman–Crippen MR) is 86.2 cm³/mol. The van der Waals surface area contributed by atoms with Crippen molar-refractivity contribution in [2.75, 3.05) is 0 Å². The molecular weight excluding hydrogens is 384 g/mol. The summed E-state index contributed by atoms with van der Waals surface area (Å²) in [5.74, 6) is -0.633. The number of hydrogen-bond acceptors (Lipinski definition) is 3. The standard InChI is InChI=1S/C16H9FINO2/c17-12-5-1-3-10(7-12)8-14-16(20)21-15(19-14)11-4-2-6-13(18)9-11/h1-9H/b14-8+. The molecular formula is C16H9FINO2. The summed E-state index contributed by atoms with van der Waals surface area (Å²) < 4.78 is 19.3. The quantitative estimate of drug-likeness (QED) is 0.443. The molecule has 0 atom stereocenters. The van der Waals surface area contributed by atoms with Gasteiger partial charge in [-0.2, -0.15) is 0 Å². The van der Waals surface area contributed by atoms with E-state index in [9.17, 15) is 9.18 Å². The number of benzene rings is 2. The maximum atomic E-state index is 13.1. The summed E-state index contributed by atoms with van der Waals surface area (Å²) >= 11 is 2.17. The van der Waals surface area contributed by atoms with Gasteiger partial charge in [-0.1, -0.05) is 18.2 Å². The van der Waals surface area contributed by atoms with Gasteiger partial charge in [0.05, 0.1) is 0 Å². The van der Waals surface area contributed by atoms with Crippen LogP contribution >= 0.6 is 22.6 Å². The molecule has 3 nitrogen and oxygen atoms in total. The summed E-state index contributed by atoms with van der Waals surface area (Å²) in [7, 11) is 0. The van der Waals surface area contributed by atoms with E-state index < -0.39 is 5.97 Å². The van der Waals surface area contributed by atoms with Gasteiger partial charge in [0.1, 0.15) is 5.82 Å². The highest BCUT2D eigenvalue weighted by Gasteiger charge is 2.24. The minimum atomic E-state index is -0.534. The number of rotatable bonds is 2. The first-order valence-electron chi connectivity index (χ1n) is 6.16. The van der Waals surface area contributed by atoms with Gasteiger partial charge in [-0.25, -0.2) is 14.2 Å². The predicted octanol–water partition coefficient (Wildman–Crippen LogP) is 3.77. The molecule has 0 fully saturated rings. The molecule has 5 heteroatoms. The van der Waals surface area contributed by atoms with Crippen LogP contribution in [0.5, 0.6) is 0 Å². The van der Waals surface area contributed by atoms with E-state index in [4.69, 9.17) is 4.74 Å². The van der Waals surface area contributed by atoms with Crippen molar-refractivity contribution in [1.29, 1.82) is 0 Å². The van der Waals surface area contributed by atoms with Crippen LogP contribution in [0.1, 0.15) is 11.1 Å². The van der Waals surface area contributed by atoms with E-state index in [0.29, 0.717) is 5.56 Å². The highest BCUT2D eigenvalue weighted by molar-refractivity contribution is 14.1. The lowest BCUT2D eigenvalue weighted by atomic mass is 10.2. The van der Waals surface area contributed by atoms with Crippen LogP contribution in [0, 0.1) is 9.39 Å². The number of hydrogen-bond donors (Lipinski definition) is 0. The van der Waals surface area contributed by atoms with Crippen LogP contribution in [0.25, 0.3) is 6.08 Å². The Morgan fingerprint density at radius 1 is 1.14 bits per heavy atom. The van der Waals surface area contributed by atoms with Gasteiger partial charge in [0.15, 0.2) is 5.70 Å². The molecule has 0 saturated carbocycles. The van der Waals surface area contributed by atoms with Gasteiger partial charge >= 0.3 is 5.97 Å². The second-order valence-corrected chi connectivity index (χ2v) is 5.65. The normalized spacial score (nSPS) is 16.0. The zero-order chi connectivity index (χ0) is 14.8. The fourth-order valence-corrected chi connectivity index (χ4v) is 2.45. The first-order chi connectivity index (χ1) is 10.1. The highest BCUT2D eigenvalue weighted by Crippen LogP contribution is 2.20. The number of aliphatic imine (C=N–C) groups is 1. The number of esters is 1. The summed E-state index contributed by atoms with van der Waals surface area (Å²) in [6.45, 7) is 0. The average molecular weight is 393 g/mol. The minimum absolute atomic E-state index is 0.162. The first-order valence-corrected chi connectivity index (χ1v) is 7.24. The summed E-state index contributed by atoms with van der Waals surface area (Å²) in [6.07, 6.45) is 1.51. The number of nitrogens with zero attached hydrogens (tertiary/aromatic N) is 1. The molecule has 0 aliphatic carbocycles. The Hall–Kier alpha value is -2.02. The molecule has 1 heterocycles. The number of cyclic esters (lactones) is 1. The smallest absolute Gasteiger partial charge is 0.363 e. The third kappa shape index (κ3) is 3.18. The van der Waals surface area contributed by atoms with Crippen LogP contribution in [0.15, 0.2) is 59.2 Å². The molecule has 2 aromatic rings. The second-order valence-electron chi connectivity index (χ2n) is 4.40. The lowest BCUT2D eigenvalue weighted by molar-refractivity contribution is -0.129. The number of halogens is 2. The van der Waals surface area contributed by atoms with Crippen LogP contribution in [0.4, 0.5) is 4.39 Å². The Morgan fingerprint density at radius 2 is 1.95 bits per heavy atom. The van der Waals surface area contributed by atoms with Crippen molar-refractivity contribution < 1.29 is 13.9 Å². The fourth-order valence-electron chi connectivity index (χ4n) is 1.91. The lowest BCUT2D eigenvalue weighted by Gasteiger charge is -1.99. The largest absolute Gasteiger partial charge is 0.402 e. The zero-order valence-electron chi connectivity index (χ0n) is 10.7. The van der Waals surface area contributed by atoms with Gasteiger partial charge in [-0.05, 0) is 64.6 Å². The van der Waals surface area contributed by atoms with Crippen LogP contribution in [0.2, 0.25) is 0 Å². The minimum Gasteiger partial charge on any atom is -0.402 e. The maximum absolute atomic E-state index is 13.1. The van der Waals surface area contributed by atoms with E-state index in [-0.39, 0.29) is 17.4 Å². The van der Waals surface area contributed by atoms with Crippen molar-refractivity contribution in [3.05, 3.63) is 74.7 Å². The van der Waals surface area contributed by atoms with Crippen molar-refractivity contribution in [3.63, 3.8) is 0 Å². The van der Waals surface area contributed by atoms with Gasteiger partial charge in [-0.3, -0.25) is 0 Å². The Labute approximate surface area is 134 Å². The van der Waals surface area contributed by atoms with Crippen LogP contribution in [-0.2, 0) is 9.53 Å². The van der Waals surface area contributed by atoms with E-state index in [1.165, 1.54) is 18.2 Å². The molecule has 0 saturated heterocycles. The first kappa shape index (κ1) is 13.9. The summed E-state index contributed by atoms with van der Waals surface area (Å²) in [6, 6.07) is 13.4. The highest BCUT2D eigenvalue weighted by atomic mass is 127. The molecule has 21 heavy (non-hydrogen) atoms.